The molecule has 0 aliphatic heterocycles. The van der Waals surface area contributed by atoms with E-state index < -0.39 is 0 Å². The SMILES string of the molecule is CCn1cc(-c2ccnc(Nc3ccccc3)n2)cn1. The molecule has 0 aliphatic carbocycles. The van der Waals surface area contributed by atoms with Gasteiger partial charge in [-0.2, -0.15) is 5.10 Å². The van der Waals surface area contributed by atoms with Gasteiger partial charge in [-0.05, 0) is 25.1 Å². The Morgan fingerprint density at radius 2 is 2.00 bits per heavy atom. The first-order valence-electron chi connectivity index (χ1n) is 6.53. The quantitative estimate of drug-likeness (QED) is 0.787. The summed E-state index contributed by atoms with van der Waals surface area (Å²) in [6, 6.07) is 11.8. The van der Waals surface area contributed by atoms with Crippen molar-refractivity contribution in [1.29, 1.82) is 0 Å². The lowest BCUT2D eigenvalue weighted by Crippen LogP contribution is -1.97. The van der Waals surface area contributed by atoms with E-state index in [0.717, 1.165) is 23.5 Å². The first kappa shape index (κ1) is 12.3. The van der Waals surface area contributed by atoms with Crippen LogP contribution in [0.15, 0.2) is 55.0 Å². The van der Waals surface area contributed by atoms with E-state index in [1.165, 1.54) is 0 Å². The maximum atomic E-state index is 4.51. The molecule has 0 unspecified atom stereocenters. The molecule has 20 heavy (non-hydrogen) atoms. The van der Waals surface area contributed by atoms with E-state index >= 15 is 0 Å². The number of aromatic nitrogens is 4. The highest BCUT2D eigenvalue weighted by Gasteiger charge is 2.05. The van der Waals surface area contributed by atoms with Crippen molar-refractivity contribution >= 4 is 11.6 Å². The molecular formula is C15H15N5. The number of hydrogen-bond acceptors (Lipinski definition) is 4. The van der Waals surface area contributed by atoms with Crippen LogP contribution in [0.5, 0.6) is 0 Å². The van der Waals surface area contributed by atoms with Gasteiger partial charge in [0.1, 0.15) is 0 Å². The van der Waals surface area contributed by atoms with Crippen LogP contribution in [0, 0.1) is 0 Å². The Morgan fingerprint density at radius 3 is 2.75 bits per heavy atom. The number of rotatable bonds is 4. The van der Waals surface area contributed by atoms with Gasteiger partial charge in [0, 0.05) is 30.2 Å². The lowest BCUT2D eigenvalue weighted by molar-refractivity contribution is 0.660. The minimum absolute atomic E-state index is 0.581. The van der Waals surface area contributed by atoms with Gasteiger partial charge in [-0.15, -0.1) is 0 Å². The summed E-state index contributed by atoms with van der Waals surface area (Å²) in [6.07, 6.45) is 5.55. The summed E-state index contributed by atoms with van der Waals surface area (Å²) in [5.41, 5.74) is 2.82. The summed E-state index contributed by atoms with van der Waals surface area (Å²) in [7, 11) is 0. The van der Waals surface area contributed by atoms with E-state index in [9.17, 15) is 0 Å². The maximum Gasteiger partial charge on any atom is 0.227 e. The number of benzene rings is 1. The summed E-state index contributed by atoms with van der Waals surface area (Å²) in [4.78, 5) is 8.75. The molecule has 0 atom stereocenters. The third kappa shape index (κ3) is 2.66. The van der Waals surface area contributed by atoms with Crippen LogP contribution >= 0.6 is 0 Å². The highest BCUT2D eigenvalue weighted by atomic mass is 15.3. The Balaban J connectivity index is 1.86. The number of nitrogens with one attached hydrogen (secondary N) is 1. The van der Waals surface area contributed by atoms with Gasteiger partial charge in [-0.1, -0.05) is 18.2 Å². The van der Waals surface area contributed by atoms with Gasteiger partial charge in [0.2, 0.25) is 5.95 Å². The second kappa shape index (κ2) is 5.52. The molecule has 0 radical (unpaired) electrons. The Bertz CT molecular complexity index is 690. The Kier molecular flexibility index (Phi) is 3.41. The third-order valence-corrected chi connectivity index (χ3v) is 2.94. The van der Waals surface area contributed by atoms with E-state index in [4.69, 9.17) is 0 Å². The van der Waals surface area contributed by atoms with Crippen LogP contribution in [0.3, 0.4) is 0 Å². The van der Waals surface area contributed by atoms with Crippen LogP contribution in [-0.2, 0) is 6.54 Å². The lowest BCUT2D eigenvalue weighted by Gasteiger charge is -2.05. The molecule has 2 aromatic heterocycles. The van der Waals surface area contributed by atoms with E-state index in [0.29, 0.717) is 5.95 Å². The molecule has 0 spiro atoms. The molecule has 3 rings (SSSR count). The van der Waals surface area contributed by atoms with Gasteiger partial charge in [-0.3, -0.25) is 4.68 Å². The van der Waals surface area contributed by atoms with Crippen LogP contribution in [-0.4, -0.2) is 19.7 Å². The topological polar surface area (TPSA) is 55.6 Å². The van der Waals surface area contributed by atoms with Crippen molar-refractivity contribution in [2.45, 2.75) is 13.5 Å². The molecular weight excluding hydrogens is 250 g/mol. The summed E-state index contributed by atoms with van der Waals surface area (Å²) < 4.78 is 1.88. The van der Waals surface area contributed by atoms with E-state index in [-0.39, 0.29) is 0 Å². The van der Waals surface area contributed by atoms with Crippen LogP contribution in [0.1, 0.15) is 6.92 Å². The highest BCUT2D eigenvalue weighted by Crippen LogP contribution is 2.18. The van der Waals surface area contributed by atoms with Crippen LogP contribution in [0.25, 0.3) is 11.3 Å². The third-order valence-electron chi connectivity index (χ3n) is 2.94. The Labute approximate surface area is 117 Å². The molecule has 5 nitrogen and oxygen atoms in total. The first-order valence-corrected chi connectivity index (χ1v) is 6.53. The summed E-state index contributed by atoms with van der Waals surface area (Å²) in [6.45, 7) is 2.90. The van der Waals surface area contributed by atoms with E-state index in [2.05, 4.69) is 27.3 Å². The predicted octanol–water partition coefficient (Wildman–Crippen LogP) is 3.10. The molecule has 0 fully saturated rings. The largest absolute Gasteiger partial charge is 0.324 e. The van der Waals surface area contributed by atoms with Gasteiger partial charge in [-0.25, -0.2) is 9.97 Å². The molecule has 2 heterocycles. The molecule has 0 amide bonds. The normalized spacial score (nSPS) is 10.4. The summed E-state index contributed by atoms with van der Waals surface area (Å²) >= 11 is 0. The van der Waals surface area contributed by atoms with E-state index in [1.807, 2.05) is 53.5 Å². The molecule has 5 heteroatoms. The fraction of sp³-hybridized carbons (Fsp3) is 0.133. The number of hydrogen-bond donors (Lipinski definition) is 1. The fourth-order valence-electron chi connectivity index (χ4n) is 1.90. The Morgan fingerprint density at radius 1 is 1.15 bits per heavy atom. The van der Waals surface area contributed by atoms with Gasteiger partial charge in [0.05, 0.1) is 11.9 Å². The lowest BCUT2D eigenvalue weighted by atomic mass is 10.2. The highest BCUT2D eigenvalue weighted by molar-refractivity contribution is 5.60. The van der Waals surface area contributed by atoms with Gasteiger partial charge >= 0.3 is 0 Å². The molecule has 0 aliphatic rings. The van der Waals surface area contributed by atoms with Gasteiger partial charge < -0.3 is 5.32 Å². The van der Waals surface area contributed by atoms with E-state index in [1.54, 1.807) is 6.20 Å². The van der Waals surface area contributed by atoms with Crippen LogP contribution in [0.4, 0.5) is 11.6 Å². The van der Waals surface area contributed by atoms with Crippen molar-refractivity contribution in [2.24, 2.45) is 0 Å². The monoisotopic (exact) mass is 265 g/mol. The number of aryl methyl sites for hydroxylation is 1. The molecule has 0 saturated carbocycles. The molecule has 100 valence electrons. The zero-order chi connectivity index (χ0) is 13.8. The minimum atomic E-state index is 0.581. The zero-order valence-corrected chi connectivity index (χ0v) is 11.2. The number of anilines is 2. The van der Waals surface area contributed by atoms with Crippen LogP contribution < -0.4 is 5.32 Å². The minimum Gasteiger partial charge on any atom is -0.324 e. The van der Waals surface area contributed by atoms with Crippen molar-refractivity contribution in [2.75, 3.05) is 5.32 Å². The van der Waals surface area contributed by atoms with Crippen molar-refractivity contribution < 1.29 is 0 Å². The second-order valence-electron chi connectivity index (χ2n) is 4.34. The predicted molar refractivity (Wildman–Crippen MR) is 78.7 cm³/mol. The Hall–Kier alpha value is -2.69. The number of para-hydroxylation sites is 1. The molecule has 1 aromatic carbocycles. The molecule has 3 aromatic rings. The zero-order valence-electron chi connectivity index (χ0n) is 11.2. The summed E-state index contributed by atoms with van der Waals surface area (Å²) in [5.74, 6) is 0.581. The smallest absolute Gasteiger partial charge is 0.227 e. The first-order chi connectivity index (χ1) is 9.85. The van der Waals surface area contributed by atoms with Gasteiger partial charge in [0.25, 0.3) is 0 Å². The average Bonchev–Trinajstić information content (AvgIpc) is 2.98. The maximum absolute atomic E-state index is 4.51. The van der Waals surface area contributed by atoms with Crippen molar-refractivity contribution in [3.8, 4) is 11.3 Å². The molecule has 1 N–H and O–H groups in total. The standard InChI is InChI=1S/C15H15N5/c1-2-20-11-12(10-17-20)14-8-9-16-15(19-14)18-13-6-4-3-5-7-13/h3-11H,2H2,1H3,(H,16,18,19). The fourth-order valence-corrected chi connectivity index (χ4v) is 1.90. The van der Waals surface area contributed by atoms with Crippen LogP contribution in [0.2, 0.25) is 0 Å². The molecule has 0 saturated heterocycles. The van der Waals surface area contributed by atoms with Crippen molar-refractivity contribution in [3.05, 3.63) is 55.0 Å². The van der Waals surface area contributed by atoms with Gasteiger partial charge in [0.15, 0.2) is 0 Å². The van der Waals surface area contributed by atoms with Crippen molar-refractivity contribution in [1.82, 2.24) is 19.7 Å². The van der Waals surface area contributed by atoms with Crippen molar-refractivity contribution in [3.63, 3.8) is 0 Å². The average molecular weight is 265 g/mol. The summed E-state index contributed by atoms with van der Waals surface area (Å²) in [5, 5.41) is 7.45. The number of nitrogens with zero attached hydrogens (tertiary/aromatic N) is 4. The second-order valence-corrected chi connectivity index (χ2v) is 4.34. The molecule has 0 bridgehead atoms.